The molecule has 0 N–H and O–H groups in total. The number of carbonyl (C=O) groups is 1. The van der Waals surface area contributed by atoms with E-state index in [4.69, 9.17) is 4.74 Å². The Labute approximate surface area is 156 Å². The van der Waals surface area contributed by atoms with Gasteiger partial charge in [-0.2, -0.15) is 5.10 Å². The summed E-state index contributed by atoms with van der Waals surface area (Å²) in [7, 11) is 0. The van der Waals surface area contributed by atoms with Crippen molar-refractivity contribution in [3.05, 3.63) is 53.7 Å². The van der Waals surface area contributed by atoms with Crippen LogP contribution in [-0.4, -0.2) is 63.2 Å². The Morgan fingerprint density at radius 3 is 2.89 bits per heavy atom. The Balaban J connectivity index is 1.34. The van der Waals surface area contributed by atoms with E-state index in [1.54, 1.807) is 10.7 Å². The van der Waals surface area contributed by atoms with Gasteiger partial charge >= 0.3 is 0 Å². The SMILES string of the molecule is O=C1c2c(N3CCOCC3)ccnc2CN1CCc1nc2ccccn2n1. The molecule has 0 saturated carbocycles. The quantitative estimate of drug-likeness (QED) is 0.692. The van der Waals surface area contributed by atoms with Gasteiger partial charge in [0.15, 0.2) is 11.5 Å². The molecule has 5 rings (SSSR count). The van der Waals surface area contributed by atoms with Gasteiger partial charge in [-0.1, -0.05) is 6.07 Å². The van der Waals surface area contributed by atoms with E-state index in [9.17, 15) is 4.79 Å². The van der Waals surface area contributed by atoms with Crippen molar-refractivity contribution in [2.45, 2.75) is 13.0 Å². The van der Waals surface area contributed by atoms with E-state index in [0.29, 0.717) is 32.7 Å². The molecule has 27 heavy (non-hydrogen) atoms. The molecular formula is C19H20N6O2. The van der Waals surface area contributed by atoms with Gasteiger partial charge in [-0.15, -0.1) is 0 Å². The third kappa shape index (κ3) is 2.91. The fourth-order valence-electron chi connectivity index (χ4n) is 3.72. The summed E-state index contributed by atoms with van der Waals surface area (Å²) in [6.07, 6.45) is 4.29. The number of carbonyl (C=O) groups excluding carboxylic acids is 1. The smallest absolute Gasteiger partial charge is 0.258 e. The van der Waals surface area contributed by atoms with E-state index in [1.807, 2.05) is 35.4 Å². The Bertz CT molecular complexity index is 962. The number of ether oxygens (including phenoxy) is 1. The number of morpholine rings is 1. The van der Waals surface area contributed by atoms with Crippen LogP contribution < -0.4 is 4.90 Å². The zero-order valence-electron chi connectivity index (χ0n) is 14.9. The fourth-order valence-corrected chi connectivity index (χ4v) is 3.72. The minimum absolute atomic E-state index is 0.0448. The fraction of sp³-hybridized carbons (Fsp3) is 0.368. The van der Waals surface area contributed by atoms with Gasteiger partial charge in [-0.05, 0) is 18.2 Å². The molecule has 0 aliphatic carbocycles. The molecule has 3 aromatic heterocycles. The number of aromatic nitrogens is 4. The maximum atomic E-state index is 13.0. The minimum atomic E-state index is 0.0448. The summed E-state index contributed by atoms with van der Waals surface area (Å²) in [5, 5.41) is 4.47. The molecule has 0 radical (unpaired) electrons. The standard InChI is InChI=1S/C19H20N6O2/c26-19-18-14(20-6-4-15(18)23-9-11-27-12-10-23)13-24(19)8-5-16-21-17-3-1-2-7-25(17)22-16/h1-4,6-7H,5,8-13H2. The third-order valence-electron chi connectivity index (χ3n) is 5.09. The Kier molecular flexibility index (Phi) is 3.97. The molecule has 2 aliphatic rings. The number of pyridine rings is 2. The molecule has 3 aromatic rings. The van der Waals surface area contributed by atoms with Crippen LogP contribution in [0.15, 0.2) is 36.7 Å². The van der Waals surface area contributed by atoms with Gasteiger partial charge in [0, 0.05) is 38.4 Å². The zero-order valence-corrected chi connectivity index (χ0v) is 14.9. The number of rotatable bonds is 4. The van der Waals surface area contributed by atoms with E-state index in [-0.39, 0.29) is 5.91 Å². The molecule has 1 amide bonds. The van der Waals surface area contributed by atoms with E-state index < -0.39 is 0 Å². The molecule has 1 fully saturated rings. The maximum Gasteiger partial charge on any atom is 0.258 e. The highest BCUT2D eigenvalue weighted by Crippen LogP contribution is 2.30. The topological polar surface area (TPSA) is 75.9 Å². The van der Waals surface area contributed by atoms with Crippen LogP contribution in [0.4, 0.5) is 5.69 Å². The third-order valence-corrected chi connectivity index (χ3v) is 5.09. The van der Waals surface area contributed by atoms with Gasteiger partial charge in [0.25, 0.3) is 5.91 Å². The molecule has 138 valence electrons. The number of nitrogens with zero attached hydrogens (tertiary/aromatic N) is 6. The summed E-state index contributed by atoms with van der Waals surface area (Å²) < 4.78 is 7.19. The van der Waals surface area contributed by atoms with Crippen LogP contribution in [-0.2, 0) is 17.7 Å². The molecule has 2 aliphatic heterocycles. The van der Waals surface area contributed by atoms with Crippen molar-refractivity contribution in [3.63, 3.8) is 0 Å². The summed E-state index contributed by atoms with van der Waals surface area (Å²) >= 11 is 0. The maximum absolute atomic E-state index is 13.0. The van der Waals surface area contributed by atoms with Gasteiger partial charge in [0.2, 0.25) is 0 Å². The van der Waals surface area contributed by atoms with Gasteiger partial charge < -0.3 is 14.5 Å². The van der Waals surface area contributed by atoms with Crippen LogP contribution in [0, 0.1) is 0 Å². The van der Waals surface area contributed by atoms with Crippen LogP contribution in [0.1, 0.15) is 21.9 Å². The molecular weight excluding hydrogens is 344 g/mol. The van der Waals surface area contributed by atoms with Crippen molar-refractivity contribution >= 4 is 17.2 Å². The monoisotopic (exact) mass is 364 g/mol. The van der Waals surface area contributed by atoms with Gasteiger partial charge in [0.05, 0.1) is 36.7 Å². The highest BCUT2D eigenvalue weighted by atomic mass is 16.5. The van der Waals surface area contributed by atoms with Crippen molar-refractivity contribution in [3.8, 4) is 0 Å². The lowest BCUT2D eigenvalue weighted by Crippen LogP contribution is -2.37. The first-order valence-electron chi connectivity index (χ1n) is 9.20. The van der Waals surface area contributed by atoms with E-state index in [2.05, 4.69) is 20.0 Å². The first-order chi connectivity index (χ1) is 13.3. The molecule has 8 nitrogen and oxygen atoms in total. The van der Waals surface area contributed by atoms with Crippen LogP contribution in [0.25, 0.3) is 5.65 Å². The first kappa shape index (κ1) is 16.2. The lowest BCUT2D eigenvalue weighted by molar-refractivity contribution is 0.0778. The summed E-state index contributed by atoms with van der Waals surface area (Å²) in [5.41, 5.74) is 3.38. The van der Waals surface area contributed by atoms with Crippen LogP contribution >= 0.6 is 0 Å². The number of hydrogen-bond donors (Lipinski definition) is 0. The predicted octanol–water partition coefficient (Wildman–Crippen LogP) is 1.16. The predicted molar refractivity (Wildman–Crippen MR) is 98.7 cm³/mol. The number of fused-ring (bicyclic) bond motifs is 2. The van der Waals surface area contributed by atoms with E-state index >= 15 is 0 Å². The second-order valence-corrected chi connectivity index (χ2v) is 6.76. The summed E-state index contributed by atoms with van der Waals surface area (Å²) in [6, 6.07) is 7.72. The van der Waals surface area contributed by atoms with Crippen molar-refractivity contribution in [2.24, 2.45) is 0 Å². The first-order valence-corrected chi connectivity index (χ1v) is 9.20. The van der Waals surface area contributed by atoms with Gasteiger partial charge in [0.1, 0.15) is 0 Å². The van der Waals surface area contributed by atoms with Crippen LogP contribution in [0.3, 0.4) is 0 Å². The normalized spacial score (nSPS) is 17.0. The van der Waals surface area contributed by atoms with E-state index in [1.165, 1.54) is 0 Å². The molecule has 0 spiro atoms. The molecule has 0 bridgehead atoms. The molecule has 0 unspecified atom stereocenters. The molecule has 5 heterocycles. The highest BCUT2D eigenvalue weighted by Gasteiger charge is 2.33. The summed E-state index contributed by atoms with van der Waals surface area (Å²) in [4.78, 5) is 26.1. The minimum Gasteiger partial charge on any atom is -0.378 e. The molecule has 0 atom stereocenters. The Morgan fingerprint density at radius 2 is 2.04 bits per heavy atom. The zero-order chi connectivity index (χ0) is 18.2. The lowest BCUT2D eigenvalue weighted by atomic mass is 10.1. The van der Waals surface area contributed by atoms with E-state index in [0.717, 1.165) is 41.5 Å². The van der Waals surface area contributed by atoms with Crippen molar-refractivity contribution in [2.75, 3.05) is 37.7 Å². The second-order valence-electron chi connectivity index (χ2n) is 6.76. The van der Waals surface area contributed by atoms with Crippen molar-refractivity contribution in [1.29, 1.82) is 0 Å². The molecule has 8 heteroatoms. The van der Waals surface area contributed by atoms with Gasteiger partial charge in [-0.25, -0.2) is 9.50 Å². The van der Waals surface area contributed by atoms with Crippen molar-refractivity contribution in [1.82, 2.24) is 24.5 Å². The number of hydrogen-bond acceptors (Lipinski definition) is 6. The number of anilines is 1. The van der Waals surface area contributed by atoms with Gasteiger partial charge in [-0.3, -0.25) is 9.78 Å². The highest BCUT2D eigenvalue weighted by molar-refractivity contribution is 6.03. The lowest BCUT2D eigenvalue weighted by Gasteiger charge is -2.30. The summed E-state index contributed by atoms with van der Waals surface area (Å²) in [5.74, 6) is 0.787. The Hall–Kier alpha value is -3.00. The Morgan fingerprint density at radius 1 is 1.15 bits per heavy atom. The van der Waals surface area contributed by atoms with Crippen LogP contribution in [0.5, 0.6) is 0 Å². The average molecular weight is 364 g/mol. The molecule has 0 aromatic carbocycles. The molecule has 1 saturated heterocycles. The van der Waals surface area contributed by atoms with Crippen molar-refractivity contribution < 1.29 is 9.53 Å². The average Bonchev–Trinajstić information content (AvgIpc) is 3.27. The summed E-state index contributed by atoms with van der Waals surface area (Å²) in [6.45, 7) is 4.10. The van der Waals surface area contributed by atoms with Crippen LogP contribution in [0.2, 0.25) is 0 Å². The second kappa shape index (κ2) is 6.62. The largest absolute Gasteiger partial charge is 0.378 e. The number of amides is 1.